The van der Waals surface area contributed by atoms with E-state index < -0.39 is 0 Å². The van der Waals surface area contributed by atoms with Gasteiger partial charge in [-0.15, -0.1) is 5.10 Å². The highest BCUT2D eigenvalue weighted by molar-refractivity contribution is 5.96. The smallest absolute Gasteiger partial charge is 0.261 e. The Kier molecular flexibility index (Phi) is 7.51. The number of methoxy groups -OCH3 is 1. The molecule has 0 radical (unpaired) electrons. The third-order valence-corrected chi connectivity index (χ3v) is 5.08. The molecule has 168 valence electrons. The SMILES string of the molecule is COc1nn(C)cc1C(=O)N1CCN(CCNC(=O)c2ccc(OC(C)C)cc2)CC1. The molecule has 0 spiro atoms. The van der Waals surface area contributed by atoms with E-state index >= 15 is 0 Å². The van der Waals surface area contributed by atoms with E-state index in [1.807, 2.05) is 30.9 Å². The zero-order valence-corrected chi connectivity index (χ0v) is 18.6. The molecule has 0 unspecified atom stereocenters. The van der Waals surface area contributed by atoms with Crippen molar-refractivity contribution in [1.29, 1.82) is 0 Å². The molecule has 0 aliphatic carbocycles. The molecule has 0 saturated carbocycles. The van der Waals surface area contributed by atoms with Gasteiger partial charge in [-0.25, -0.2) is 0 Å². The molecular weight excluding hydrogens is 398 g/mol. The molecule has 0 atom stereocenters. The van der Waals surface area contributed by atoms with E-state index in [1.54, 1.807) is 30.1 Å². The maximum Gasteiger partial charge on any atom is 0.261 e. The van der Waals surface area contributed by atoms with Crippen LogP contribution in [0.2, 0.25) is 0 Å². The number of amides is 2. The Balaban J connectivity index is 1.41. The molecule has 1 N–H and O–H groups in total. The Hall–Kier alpha value is -3.07. The molecule has 0 bridgehead atoms. The van der Waals surface area contributed by atoms with Gasteiger partial charge in [-0.3, -0.25) is 19.2 Å². The van der Waals surface area contributed by atoms with Crippen LogP contribution in [0.1, 0.15) is 34.6 Å². The minimum absolute atomic E-state index is 0.0669. The van der Waals surface area contributed by atoms with Gasteiger partial charge in [-0.2, -0.15) is 0 Å². The summed E-state index contributed by atoms with van der Waals surface area (Å²) in [6.45, 7) is 7.98. The van der Waals surface area contributed by atoms with E-state index in [0.717, 1.165) is 25.4 Å². The third-order valence-electron chi connectivity index (χ3n) is 5.08. The summed E-state index contributed by atoms with van der Waals surface area (Å²) < 4.78 is 12.4. The molecule has 2 aromatic rings. The predicted octanol–water partition coefficient (Wildman–Crippen LogP) is 1.40. The number of hydrogen-bond donors (Lipinski definition) is 1. The van der Waals surface area contributed by atoms with Crippen LogP contribution in [0.25, 0.3) is 0 Å². The van der Waals surface area contributed by atoms with Crippen molar-refractivity contribution >= 4 is 11.8 Å². The molecule has 9 heteroatoms. The Morgan fingerprint density at radius 3 is 2.42 bits per heavy atom. The first-order valence-corrected chi connectivity index (χ1v) is 10.5. The minimum Gasteiger partial charge on any atom is -0.491 e. The van der Waals surface area contributed by atoms with Crippen LogP contribution in [0.15, 0.2) is 30.5 Å². The second kappa shape index (κ2) is 10.3. The van der Waals surface area contributed by atoms with Crippen molar-refractivity contribution in [2.75, 3.05) is 46.4 Å². The van der Waals surface area contributed by atoms with E-state index in [1.165, 1.54) is 7.11 Å². The van der Waals surface area contributed by atoms with Crippen molar-refractivity contribution in [3.8, 4) is 11.6 Å². The van der Waals surface area contributed by atoms with Crippen LogP contribution in [0.3, 0.4) is 0 Å². The Labute approximate surface area is 182 Å². The second-order valence-corrected chi connectivity index (χ2v) is 7.81. The third kappa shape index (κ3) is 5.97. The Morgan fingerprint density at radius 2 is 1.81 bits per heavy atom. The van der Waals surface area contributed by atoms with Crippen molar-refractivity contribution in [1.82, 2.24) is 24.9 Å². The number of aryl methyl sites for hydroxylation is 1. The van der Waals surface area contributed by atoms with Gasteiger partial charge in [-0.1, -0.05) is 0 Å². The van der Waals surface area contributed by atoms with E-state index in [2.05, 4.69) is 15.3 Å². The molecule has 1 aliphatic rings. The first kappa shape index (κ1) is 22.6. The van der Waals surface area contributed by atoms with Crippen molar-refractivity contribution < 1.29 is 19.1 Å². The van der Waals surface area contributed by atoms with E-state index in [4.69, 9.17) is 9.47 Å². The molecule has 1 fully saturated rings. The number of hydrogen-bond acceptors (Lipinski definition) is 6. The molecule has 1 saturated heterocycles. The van der Waals surface area contributed by atoms with Gasteiger partial charge in [0.25, 0.3) is 11.8 Å². The van der Waals surface area contributed by atoms with Crippen LogP contribution < -0.4 is 14.8 Å². The number of benzene rings is 1. The topological polar surface area (TPSA) is 88.9 Å². The fourth-order valence-electron chi connectivity index (χ4n) is 3.50. The van der Waals surface area contributed by atoms with Gasteiger partial charge >= 0.3 is 0 Å². The molecule has 1 aromatic carbocycles. The van der Waals surface area contributed by atoms with Gasteiger partial charge in [0.15, 0.2) is 0 Å². The lowest BCUT2D eigenvalue weighted by Crippen LogP contribution is -2.50. The zero-order valence-electron chi connectivity index (χ0n) is 18.6. The molecule has 9 nitrogen and oxygen atoms in total. The molecule has 31 heavy (non-hydrogen) atoms. The second-order valence-electron chi connectivity index (χ2n) is 7.81. The van der Waals surface area contributed by atoms with Crippen LogP contribution in [0.4, 0.5) is 0 Å². The molecule has 2 heterocycles. The minimum atomic E-state index is -0.103. The lowest BCUT2D eigenvalue weighted by Gasteiger charge is -2.34. The zero-order chi connectivity index (χ0) is 22.4. The van der Waals surface area contributed by atoms with Crippen molar-refractivity contribution in [3.05, 3.63) is 41.6 Å². The fraction of sp³-hybridized carbons (Fsp3) is 0.500. The monoisotopic (exact) mass is 429 g/mol. The highest BCUT2D eigenvalue weighted by Crippen LogP contribution is 2.18. The van der Waals surface area contributed by atoms with Gasteiger partial charge in [-0.05, 0) is 38.1 Å². The van der Waals surface area contributed by atoms with E-state index in [-0.39, 0.29) is 17.9 Å². The molecule has 2 amide bonds. The Morgan fingerprint density at radius 1 is 1.13 bits per heavy atom. The first-order valence-electron chi connectivity index (χ1n) is 10.5. The highest BCUT2D eigenvalue weighted by Gasteiger charge is 2.26. The van der Waals surface area contributed by atoms with Crippen molar-refractivity contribution in [3.63, 3.8) is 0 Å². The highest BCUT2D eigenvalue weighted by atomic mass is 16.5. The number of carbonyl (C=O) groups is 2. The van der Waals surface area contributed by atoms with Crippen molar-refractivity contribution in [2.24, 2.45) is 7.05 Å². The van der Waals surface area contributed by atoms with Crippen LogP contribution in [0.5, 0.6) is 11.6 Å². The first-order chi connectivity index (χ1) is 14.9. The molecule has 1 aliphatic heterocycles. The lowest BCUT2D eigenvalue weighted by molar-refractivity contribution is 0.0634. The van der Waals surface area contributed by atoms with Gasteiger partial charge in [0.2, 0.25) is 5.88 Å². The number of ether oxygens (including phenoxy) is 2. The van der Waals surface area contributed by atoms with E-state index in [0.29, 0.717) is 36.6 Å². The number of carbonyl (C=O) groups excluding carboxylic acids is 2. The van der Waals surface area contributed by atoms with Gasteiger partial charge in [0, 0.05) is 58.1 Å². The van der Waals surface area contributed by atoms with Crippen LogP contribution >= 0.6 is 0 Å². The number of nitrogens with one attached hydrogen (secondary N) is 1. The predicted molar refractivity (Wildman–Crippen MR) is 117 cm³/mol. The standard InChI is InChI=1S/C22H31N5O4/c1-16(2)31-18-7-5-17(6-8-18)20(28)23-9-10-26-11-13-27(14-12-26)22(29)19-15-25(3)24-21(19)30-4/h5-8,15-16H,9-14H2,1-4H3,(H,23,28). The lowest BCUT2D eigenvalue weighted by atomic mass is 10.2. The van der Waals surface area contributed by atoms with Crippen LogP contribution in [-0.4, -0.2) is 83.9 Å². The van der Waals surface area contributed by atoms with Gasteiger partial charge in [0.05, 0.1) is 13.2 Å². The largest absolute Gasteiger partial charge is 0.491 e. The number of piperazine rings is 1. The summed E-state index contributed by atoms with van der Waals surface area (Å²) in [6.07, 6.45) is 1.78. The fourth-order valence-corrected chi connectivity index (χ4v) is 3.50. The average Bonchev–Trinajstić information content (AvgIpc) is 3.14. The summed E-state index contributed by atoms with van der Waals surface area (Å²) in [4.78, 5) is 29.1. The Bertz CT molecular complexity index is 886. The summed E-state index contributed by atoms with van der Waals surface area (Å²) in [7, 11) is 3.28. The molecule has 3 rings (SSSR count). The molecular formula is C22H31N5O4. The maximum atomic E-state index is 12.8. The number of nitrogens with zero attached hydrogens (tertiary/aromatic N) is 4. The van der Waals surface area contributed by atoms with Crippen LogP contribution in [-0.2, 0) is 7.05 Å². The van der Waals surface area contributed by atoms with Crippen molar-refractivity contribution in [2.45, 2.75) is 20.0 Å². The number of rotatable bonds is 8. The quantitative estimate of drug-likeness (QED) is 0.683. The summed E-state index contributed by atoms with van der Waals surface area (Å²) >= 11 is 0. The van der Waals surface area contributed by atoms with E-state index in [9.17, 15) is 9.59 Å². The summed E-state index contributed by atoms with van der Waals surface area (Å²) in [6, 6.07) is 7.15. The average molecular weight is 430 g/mol. The number of aromatic nitrogens is 2. The normalized spacial score (nSPS) is 14.5. The summed E-state index contributed by atoms with van der Waals surface area (Å²) in [5.41, 5.74) is 1.09. The summed E-state index contributed by atoms with van der Waals surface area (Å²) in [5.74, 6) is 0.931. The van der Waals surface area contributed by atoms with Crippen LogP contribution in [0, 0.1) is 0 Å². The van der Waals surface area contributed by atoms with Gasteiger partial charge in [0.1, 0.15) is 11.3 Å². The maximum absolute atomic E-state index is 12.8. The molecule has 1 aromatic heterocycles. The van der Waals surface area contributed by atoms with Gasteiger partial charge < -0.3 is 19.7 Å². The summed E-state index contributed by atoms with van der Waals surface area (Å²) in [5, 5.41) is 7.10.